The largest absolute Gasteiger partial charge is 0.329 e. The van der Waals surface area contributed by atoms with Crippen molar-refractivity contribution >= 4 is 0 Å². The second kappa shape index (κ2) is 13.8. The fourth-order valence-electron chi connectivity index (χ4n) is 1.53. The minimum atomic E-state index is 0.418. The summed E-state index contributed by atoms with van der Waals surface area (Å²) >= 11 is 0. The highest BCUT2D eigenvalue weighted by Crippen LogP contribution is 2.16. The zero-order valence-corrected chi connectivity index (χ0v) is 14.8. The third-order valence-electron chi connectivity index (χ3n) is 2.55. The molecule has 0 aliphatic rings. The van der Waals surface area contributed by atoms with Crippen molar-refractivity contribution in [2.75, 3.05) is 45.8 Å². The molecule has 0 rings (SSSR count). The second-order valence-corrected chi connectivity index (χ2v) is 7.21. The molecule has 0 unspecified atom stereocenters. The third kappa shape index (κ3) is 23.0. The van der Waals surface area contributed by atoms with E-state index in [-0.39, 0.29) is 0 Å². The van der Waals surface area contributed by atoms with E-state index in [0.717, 1.165) is 38.6 Å². The highest BCUT2D eigenvalue weighted by molar-refractivity contribution is 4.65. The number of nitrogens with two attached hydrogens (primary N) is 2. The molecule has 0 bridgehead atoms. The van der Waals surface area contributed by atoms with E-state index in [1.165, 1.54) is 6.42 Å². The first-order valence-corrected chi connectivity index (χ1v) is 8.06. The maximum absolute atomic E-state index is 5.54. The van der Waals surface area contributed by atoms with Gasteiger partial charge in [-0.1, -0.05) is 41.5 Å². The Morgan fingerprint density at radius 2 is 1.35 bits per heavy atom. The van der Waals surface area contributed by atoms with E-state index >= 15 is 0 Å². The Morgan fingerprint density at radius 1 is 0.900 bits per heavy atom. The predicted molar refractivity (Wildman–Crippen MR) is 92.0 cm³/mol. The summed E-state index contributed by atoms with van der Waals surface area (Å²) in [5.41, 5.74) is 11.5. The van der Waals surface area contributed by atoms with E-state index < -0.39 is 0 Å². The zero-order chi connectivity index (χ0) is 16.0. The van der Waals surface area contributed by atoms with Crippen LogP contribution in [0, 0.1) is 11.3 Å². The van der Waals surface area contributed by atoms with Crippen LogP contribution in [-0.4, -0.2) is 50.7 Å². The Balaban J connectivity index is 0. The van der Waals surface area contributed by atoms with Crippen LogP contribution in [0.1, 0.15) is 48.0 Å². The van der Waals surface area contributed by atoms with Gasteiger partial charge >= 0.3 is 0 Å². The quantitative estimate of drug-likeness (QED) is 0.567. The molecule has 0 aromatic carbocycles. The number of hydrogen-bond donors (Lipinski definition) is 3. The van der Waals surface area contributed by atoms with Crippen molar-refractivity contribution in [2.45, 2.75) is 48.0 Å². The molecule has 4 heteroatoms. The summed E-state index contributed by atoms with van der Waals surface area (Å²) in [6, 6.07) is 0. The van der Waals surface area contributed by atoms with Gasteiger partial charge in [0.2, 0.25) is 0 Å². The van der Waals surface area contributed by atoms with Crippen LogP contribution in [0.25, 0.3) is 0 Å². The average Bonchev–Trinajstić information content (AvgIpc) is 2.26. The number of hydrogen-bond acceptors (Lipinski definition) is 4. The normalized spacial score (nSPS) is 11.7. The van der Waals surface area contributed by atoms with Gasteiger partial charge in [0.1, 0.15) is 0 Å². The van der Waals surface area contributed by atoms with Crippen LogP contribution in [-0.2, 0) is 0 Å². The minimum Gasteiger partial charge on any atom is -0.329 e. The predicted octanol–water partition coefficient (Wildman–Crippen LogP) is 1.89. The summed E-state index contributed by atoms with van der Waals surface area (Å²) < 4.78 is 0. The standard InChI is InChI=1S/C12H30N4.C4H10/c1-12(2,3)4-7-15-8-11-16(9-5-13)10-6-14;1-4(2)3/h15H,4-11,13-14H2,1-3H3;4H,1-3H3. The van der Waals surface area contributed by atoms with Crippen molar-refractivity contribution in [3.63, 3.8) is 0 Å². The lowest BCUT2D eigenvalue weighted by Crippen LogP contribution is -2.39. The molecule has 0 aromatic rings. The molecule has 0 atom stereocenters. The molecule has 0 radical (unpaired) electrons. The van der Waals surface area contributed by atoms with Gasteiger partial charge in [0, 0.05) is 39.3 Å². The smallest absolute Gasteiger partial charge is 0.0108 e. The van der Waals surface area contributed by atoms with E-state index in [4.69, 9.17) is 11.5 Å². The monoisotopic (exact) mass is 288 g/mol. The van der Waals surface area contributed by atoms with Crippen LogP contribution in [0.2, 0.25) is 0 Å². The van der Waals surface area contributed by atoms with Gasteiger partial charge in [-0.15, -0.1) is 0 Å². The SMILES string of the molecule is CC(C)(C)CCNCCN(CCN)CCN.CC(C)C. The molecule has 124 valence electrons. The summed E-state index contributed by atoms with van der Waals surface area (Å²) in [4.78, 5) is 2.31. The summed E-state index contributed by atoms with van der Waals surface area (Å²) in [6.07, 6.45) is 1.21. The number of nitrogens with one attached hydrogen (secondary N) is 1. The molecule has 0 fully saturated rings. The van der Waals surface area contributed by atoms with Gasteiger partial charge in [-0.25, -0.2) is 0 Å². The van der Waals surface area contributed by atoms with Gasteiger partial charge in [0.15, 0.2) is 0 Å². The molecule has 0 spiro atoms. The van der Waals surface area contributed by atoms with Crippen LogP contribution in [0.3, 0.4) is 0 Å². The van der Waals surface area contributed by atoms with Crippen LogP contribution >= 0.6 is 0 Å². The highest BCUT2D eigenvalue weighted by atomic mass is 15.1. The number of rotatable bonds is 9. The molecular weight excluding hydrogens is 248 g/mol. The molecule has 20 heavy (non-hydrogen) atoms. The first kappa shape index (κ1) is 22.1. The summed E-state index contributed by atoms with van der Waals surface area (Å²) in [5.74, 6) is 0.833. The first-order valence-electron chi connectivity index (χ1n) is 8.06. The van der Waals surface area contributed by atoms with Crippen LogP contribution in [0.4, 0.5) is 0 Å². The topological polar surface area (TPSA) is 67.3 Å². The summed E-state index contributed by atoms with van der Waals surface area (Å²) in [7, 11) is 0. The molecule has 4 nitrogen and oxygen atoms in total. The third-order valence-corrected chi connectivity index (χ3v) is 2.55. The molecule has 0 saturated carbocycles. The van der Waals surface area contributed by atoms with Crippen LogP contribution < -0.4 is 16.8 Å². The highest BCUT2D eigenvalue weighted by Gasteiger charge is 2.08. The Kier molecular flexibility index (Phi) is 15.3. The Labute approximate surface area is 127 Å². The van der Waals surface area contributed by atoms with E-state index in [9.17, 15) is 0 Å². The van der Waals surface area contributed by atoms with Crippen molar-refractivity contribution in [2.24, 2.45) is 22.8 Å². The Morgan fingerprint density at radius 3 is 1.70 bits per heavy atom. The molecule has 0 aliphatic carbocycles. The average molecular weight is 289 g/mol. The molecule has 0 amide bonds. The van der Waals surface area contributed by atoms with Crippen molar-refractivity contribution in [3.8, 4) is 0 Å². The molecule has 5 N–H and O–H groups in total. The van der Waals surface area contributed by atoms with Crippen LogP contribution in [0.5, 0.6) is 0 Å². The van der Waals surface area contributed by atoms with E-state index in [2.05, 4.69) is 51.8 Å². The fraction of sp³-hybridized carbons (Fsp3) is 1.00. The molecule has 0 aliphatic heterocycles. The lowest BCUT2D eigenvalue weighted by Gasteiger charge is -2.22. The summed E-state index contributed by atoms with van der Waals surface area (Å²) in [6.45, 7) is 19.8. The van der Waals surface area contributed by atoms with Gasteiger partial charge in [0.25, 0.3) is 0 Å². The lowest BCUT2D eigenvalue weighted by molar-refractivity contribution is 0.283. The molecule has 0 saturated heterocycles. The number of nitrogens with zero attached hydrogens (tertiary/aromatic N) is 1. The molecular formula is C16H40N4. The van der Waals surface area contributed by atoms with Gasteiger partial charge in [-0.3, -0.25) is 4.90 Å². The van der Waals surface area contributed by atoms with Gasteiger partial charge in [-0.2, -0.15) is 0 Å². The zero-order valence-electron chi connectivity index (χ0n) is 14.8. The van der Waals surface area contributed by atoms with Crippen molar-refractivity contribution in [3.05, 3.63) is 0 Å². The molecule has 0 aromatic heterocycles. The summed E-state index contributed by atoms with van der Waals surface area (Å²) in [5, 5.41) is 3.47. The Hall–Kier alpha value is -0.160. The van der Waals surface area contributed by atoms with E-state index in [0.29, 0.717) is 18.5 Å². The van der Waals surface area contributed by atoms with Gasteiger partial charge in [-0.05, 0) is 24.3 Å². The maximum Gasteiger partial charge on any atom is 0.0108 e. The molecule has 0 heterocycles. The van der Waals surface area contributed by atoms with Crippen LogP contribution in [0.15, 0.2) is 0 Å². The van der Waals surface area contributed by atoms with Crippen molar-refractivity contribution in [1.82, 2.24) is 10.2 Å². The minimum absolute atomic E-state index is 0.418. The second-order valence-electron chi connectivity index (χ2n) is 7.21. The van der Waals surface area contributed by atoms with E-state index in [1.807, 2.05) is 0 Å². The fourth-order valence-corrected chi connectivity index (χ4v) is 1.53. The van der Waals surface area contributed by atoms with Gasteiger partial charge in [0.05, 0.1) is 0 Å². The van der Waals surface area contributed by atoms with E-state index in [1.54, 1.807) is 0 Å². The Bertz CT molecular complexity index is 179. The van der Waals surface area contributed by atoms with Gasteiger partial charge < -0.3 is 16.8 Å². The lowest BCUT2D eigenvalue weighted by atomic mass is 9.92. The van der Waals surface area contributed by atoms with Crippen molar-refractivity contribution in [1.29, 1.82) is 0 Å². The first-order chi connectivity index (χ1) is 9.22. The maximum atomic E-state index is 5.54. The van der Waals surface area contributed by atoms with Crippen molar-refractivity contribution < 1.29 is 0 Å².